The van der Waals surface area contributed by atoms with Gasteiger partial charge in [0.05, 0.1) is 28.6 Å². The summed E-state index contributed by atoms with van der Waals surface area (Å²) in [7, 11) is -3.52. The highest BCUT2D eigenvalue weighted by atomic mass is 32.2. The molecule has 1 aromatic heterocycles. The summed E-state index contributed by atoms with van der Waals surface area (Å²) in [5.74, 6) is 0.257. The van der Waals surface area contributed by atoms with Crippen molar-refractivity contribution in [1.29, 1.82) is 0 Å². The summed E-state index contributed by atoms with van der Waals surface area (Å²) in [5.41, 5.74) is 2.77. The van der Waals surface area contributed by atoms with Crippen LogP contribution in [0.15, 0.2) is 46.5 Å². The Morgan fingerprint density at radius 3 is 2.76 bits per heavy atom. The van der Waals surface area contributed by atoms with Crippen molar-refractivity contribution in [2.75, 3.05) is 19.7 Å². The summed E-state index contributed by atoms with van der Waals surface area (Å²) < 4.78 is 50.1. The molecule has 0 amide bonds. The molecule has 9 heteroatoms. The van der Waals surface area contributed by atoms with E-state index in [1.807, 2.05) is 12.1 Å². The number of ether oxygens (including phenoxy) is 1. The third-order valence-electron chi connectivity index (χ3n) is 6.43. The average molecular weight is 490 g/mol. The fourth-order valence-electron chi connectivity index (χ4n) is 4.57. The first-order valence-electron chi connectivity index (χ1n) is 11.4. The molecule has 3 aromatic rings. The maximum absolute atomic E-state index is 14.5. The Hall–Kier alpha value is -1.94. The van der Waals surface area contributed by atoms with Gasteiger partial charge < -0.3 is 9.30 Å². The van der Waals surface area contributed by atoms with Crippen LogP contribution in [0.2, 0.25) is 0 Å². The van der Waals surface area contributed by atoms with E-state index in [9.17, 15) is 12.8 Å². The van der Waals surface area contributed by atoms with E-state index in [-0.39, 0.29) is 16.8 Å². The number of halogens is 1. The van der Waals surface area contributed by atoms with Gasteiger partial charge in [-0.2, -0.15) is 4.31 Å². The Labute approximate surface area is 198 Å². The number of aryl methyl sites for hydroxylation is 1. The number of hydrogen-bond acceptors (Lipinski definition) is 5. The van der Waals surface area contributed by atoms with Crippen molar-refractivity contribution in [1.82, 2.24) is 13.9 Å². The summed E-state index contributed by atoms with van der Waals surface area (Å²) in [4.78, 5) is 5.07. The first kappa shape index (κ1) is 22.8. The number of hydrogen-bond donors (Lipinski definition) is 0. The molecule has 0 radical (unpaired) electrons. The Bertz CT molecular complexity index is 1260. The Morgan fingerprint density at radius 1 is 1.18 bits per heavy atom. The van der Waals surface area contributed by atoms with Crippen LogP contribution in [0, 0.1) is 12.7 Å². The summed E-state index contributed by atoms with van der Waals surface area (Å²) in [5, 5.41) is 0.747. The van der Waals surface area contributed by atoms with Crippen molar-refractivity contribution in [2.24, 2.45) is 0 Å². The number of nitrogens with zero attached hydrogens (tertiary/aromatic N) is 3. The Morgan fingerprint density at radius 2 is 2.00 bits per heavy atom. The highest BCUT2D eigenvalue weighted by molar-refractivity contribution is 7.98. The van der Waals surface area contributed by atoms with Crippen LogP contribution < -0.4 is 0 Å². The van der Waals surface area contributed by atoms with Crippen LogP contribution in [0.1, 0.15) is 36.8 Å². The van der Waals surface area contributed by atoms with Gasteiger partial charge in [-0.1, -0.05) is 30.0 Å². The lowest BCUT2D eigenvalue weighted by Gasteiger charge is -2.16. The van der Waals surface area contributed by atoms with E-state index < -0.39 is 10.0 Å². The number of fused-ring (bicyclic) bond motifs is 1. The molecular weight excluding hydrogens is 461 g/mol. The molecule has 2 aromatic carbocycles. The molecule has 0 bridgehead atoms. The lowest BCUT2D eigenvalue weighted by molar-refractivity contribution is 0.0960. The van der Waals surface area contributed by atoms with Crippen LogP contribution in [0.3, 0.4) is 0 Å². The molecule has 0 aliphatic carbocycles. The molecule has 33 heavy (non-hydrogen) atoms. The van der Waals surface area contributed by atoms with Crippen LogP contribution in [-0.4, -0.2) is 48.1 Å². The van der Waals surface area contributed by atoms with E-state index in [1.54, 1.807) is 35.5 Å². The third-order valence-corrected chi connectivity index (χ3v) is 9.35. The van der Waals surface area contributed by atoms with Gasteiger partial charge in [0.1, 0.15) is 5.82 Å². The van der Waals surface area contributed by atoms with Crippen molar-refractivity contribution >= 4 is 32.8 Å². The smallest absolute Gasteiger partial charge is 0.243 e. The van der Waals surface area contributed by atoms with Crippen LogP contribution in [-0.2, 0) is 27.1 Å². The fraction of sp³-hybridized carbons (Fsp3) is 0.458. The van der Waals surface area contributed by atoms with E-state index in [1.165, 1.54) is 11.8 Å². The molecule has 5 rings (SSSR count). The predicted molar refractivity (Wildman–Crippen MR) is 127 cm³/mol. The molecule has 1 atom stereocenters. The second kappa shape index (κ2) is 9.37. The van der Waals surface area contributed by atoms with E-state index in [0.29, 0.717) is 42.0 Å². The normalized spacial score (nSPS) is 19.6. The molecule has 0 saturated carbocycles. The van der Waals surface area contributed by atoms with Gasteiger partial charge >= 0.3 is 0 Å². The van der Waals surface area contributed by atoms with Crippen LogP contribution in [0.25, 0.3) is 11.0 Å². The van der Waals surface area contributed by atoms with E-state index in [0.717, 1.165) is 43.0 Å². The molecule has 2 saturated heterocycles. The Kier molecular flexibility index (Phi) is 6.48. The number of imidazole rings is 1. The summed E-state index contributed by atoms with van der Waals surface area (Å²) in [6, 6.07) is 10.6. The molecule has 2 aliphatic rings. The predicted octanol–water partition coefficient (Wildman–Crippen LogP) is 4.74. The van der Waals surface area contributed by atoms with Gasteiger partial charge in [-0.3, -0.25) is 0 Å². The number of aromatic nitrogens is 2. The van der Waals surface area contributed by atoms with Gasteiger partial charge in [0.15, 0.2) is 5.16 Å². The molecule has 0 N–H and O–H groups in total. The average Bonchev–Trinajstić information content (AvgIpc) is 3.57. The van der Waals surface area contributed by atoms with Crippen molar-refractivity contribution in [3.05, 3.63) is 53.3 Å². The SMILES string of the molecule is Cc1cccc(CSc2nc3cc(S(=O)(=O)N4CCCC4)ccc3n2C[C@@H]2CCCO2)c1F. The lowest BCUT2D eigenvalue weighted by atomic mass is 10.1. The molecule has 3 heterocycles. The minimum Gasteiger partial charge on any atom is -0.376 e. The molecular formula is C24H28FN3O3S2. The molecule has 2 fully saturated rings. The zero-order valence-corrected chi connectivity index (χ0v) is 20.3. The highest BCUT2D eigenvalue weighted by Crippen LogP contribution is 2.32. The second-order valence-electron chi connectivity index (χ2n) is 8.74. The van der Waals surface area contributed by atoms with E-state index >= 15 is 0 Å². The van der Waals surface area contributed by atoms with Crippen molar-refractivity contribution in [3.8, 4) is 0 Å². The zero-order valence-electron chi connectivity index (χ0n) is 18.7. The minimum absolute atomic E-state index is 0.102. The second-order valence-corrected chi connectivity index (χ2v) is 11.6. The van der Waals surface area contributed by atoms with Crippen LogP contribution >= 0.6 is 11.8 Å². The standard InChI is InChI=1S/C24H28FN3O3S2/c1-17-6-4-7-18(23(17)25)16-32-24-26-21-14-20(33(29,30)27-11-2-3-12-27)9-10-22(21)28(24)15-19-8-5-13-31-19/h4,6-7,9-10,14,19H,2-3,5,8,11-13,15-16H2,1H3/t19-/m0/s1. The van der Waals surface area contributed by atoms with Gasteiger partial charge in [-0.05, 0) is 61.9 Å². The largest absolute Gasteiger partial charge is 0.376 e. The number of sulfonamides is 1. The maximum atomic E-state index is 14.5. The van der Waals surface area contributed by atoms with Gasteiger partial charge in [0, 0.05) is 25.4 Å². The van der Waals surface area contributed by atoms with Gasteiger partial charge in [-0.15, -0.1) is 0 Å². The van der Waals surface area contributed by atoms with Crippen molar-refractivity contribution in [2.45, 2.75) is 61.1 Å². The fourth-order valence-corrected chi connectivity index (χ4v) is 7.10. The maximum Gasteiger partial charge on any atom is 0.243 e. The number of thioether (sulfide) groups is 1. The minimum atomic E-state index is -3.52. The quantitative estimate of drug-likeness (QED) is 0.449. The highest BCUT2D eigenvalue weighted by Gasteiger charge is 2.28. The van der Waals surface area contributed by atoms with Crippen molar-refractivity contribution < 1.29 is 17.5 Å². The lowest BCUT2D eigenvalue weighted by Crippen LogP contribution is -2.27. The summed E-state index contributed by atoms with van der Waals surface area (Å²) >= 11 is 1.47. The summed E-state index contributed by atoms with van der Waals surface area (Å²) in [6.45, 7) is 4.30. The number of benzene rings is 2. The first-order chi connectivity index (χ1) is 15.9. The molecule has 176 valence electrons. The number of rotatable bonds is 7. The van der Waals surface area contributed by atoms with E-state index in [2.05, 4.69) is 4.57 Å². The van der Waals surface area contributed by atoms with Crippen molar-refractivity contribution in [3.63, 3.8) is 0 Å². The monoisotopic (exact) mass is 489 g/mol. The zero-order chi connectivity index (χ0) is 23.0. The third kappa shape index (κ3) is 4.56. The van der Waals surface area contributed by atoms with Crippen LogP contribution in [0.5, 0.6) is 0 Å². The summed E-state index contributed by atoms with van der Waals surface area (Å²) in [6.07, 6.45) is 3.91. The molecule has 0 spiro atoms. The molecule has 2 aliphatic heterocycles. The molecule has 0 unspecified atom stereocenters. The van der Waals surface area contributed by atoms with Gasteiger partial charge in [-0.25, -0.2) is 17.8 Å². The van der Waals surface area contributed by atoms with E-state index in [4.69, 9.17) is 9.72 Å². The van der Waals surface area contributed by atoms with Crippen LogP contribution in [0.4, 0.5) is 4.39 Å². The van der Waals surface area contributed by atoms with Gasteiger partial charge in [0.25, 0.3) is 0 Å². The van der Waals surface area contributed by atoms with Gasteiger partial charge in [0.2, 0.25) is 10.0 Å². The Balaban J connectivity index is 1.49. The molecule has 6 nitrogen and oxygen atoms in total. The topological polar surface area (TPSA) is 64.4 Å². The first-order valence-corrected chi connectivity index (χ1v) is 13.8.